The first-order valence-corrected chi connectivity index (χ1v) is 5.38. The van der Waals surface area contributed by atoms with Crippen molar-refractivity contribution in [3.8, 4) is 5.75 Å². The lowest BCUT2D eigenvalue weighted by Crippen LogP contribution is -2.26. The van der Waals surface area contributed by atoms with Crippen LogP contribution < -0.4 is 4.74 Å². The van der Waals surface area contributed by atoms with Crippen molar-refractivity contribution in [2.75, 3.05) is 6.51 Å². The minimum atomic E-state index is -5.07. The summed E-state index contributed by atoms with van der Waals surface area (Å²) in [5.41, 5.74) is -0.166. The molecule has 2 aromatic carbocycles. The molecule has 0 saturated carbocycles. The van der Waals surface area contributed by atoms with E-state index < -0.39 is 18.4 Å². The van der Waals surface area contributed by atoms with E-state index in [0.717, 1.165) is 6.07 Å². The first-order valence-electron chi connectivity index (χ1n) is 5.38. The van der Waals surface area contributed by atoms with Crippen LogP contribution in [-0.4, -0.2) is 18.4 Å². The summed E-state index contributed by atoms with van der Waals surface area (Å²) in [6, 6.07) is 8.44. The largest absolute Gasteiger partial charge is 0.521 e. The molecule has 0 aliphatic rings. The lowest BCUT2D eigenvalue weighted by Gasteiger charge is -2.16. The van der Waals surface area contributed by atoms with E-state index in [0.29, 0.717) is 0 Å². The van der Waals surface area contributed by atoms with Crippen molar-refractivity contribution in [3.05, 3.63) is 46.5 Å². The van der Waals surface area contributed by atoms with Crippen molar-refractivity contribution in [1.29, 1.82) is 0 Å². The number of benzene rings is 2. The quantitative estimate of drug-likeness (QED) is 0.485. The van der Waals surface area contributed by atoms with Gasteiger partial charge in [0.05, 0.1) is 16.8 Å². The normalized spacial score (nSPS) is 11.5. The Hall–Kier alpha value is -2.25. The Morgan fingerprint density at radius 2 is 1.74 bits per heavy atom. The van der Waals surface area contributed by atoms with E-state index in [1.54, 1.807) is 12.1 Å². The molecule has 8 heteroatoms. The minimum absolute atomic E-state index is 0.0135. The van der Waals surface area contributed by atoms with Crippen molar-refractivity contribution >= 4 is 23.4 Å². The summed E-state index contributed by atoms with van der Waals surface area (Å²) in [4.78, 5) is 10.2. The molecule has 0 aromatic heterocycles. The lowest BCUT2D eigenvalue weighted by molar-refractivity contribution is -0.383. The molecule has 0 unspecified atom stereocenters. The summed E-state index contributed by atoms with van der Waals surface area (Å²) < 4.78 is 41.2. The topological polar surface area (TPSA) is 52.4 Å². The summed E-state index contributed by atoms with van der Waals surface area (Å²) in [6.45, 7) is -6.44. The van der Waals surface area contributed by atoms with Crippen LogP contribution >= 0.6 is 0 Å². The number of hydrogen-bond donors (Lipinski definition) is 0. The van der Waals surface area contributed by atoms with Crippen molar-refractivity contribution in [1.82, 2.24) is 0 Å². The molecular weight excluding hydrogens is 262 g/mol. The average molecular weight is 270 g/mol. The van der Waals surface area contributed by atoms with Gasteiger partial charge in [-0.2, -0.15) is 0 Å². The molecule has 4 nitrogen and oxygen atoms in total. The van der Waals surface area contributed by atoms with E-state index in [2.05, 4.69) is 0 Å². The van der Waals surface area contributed by atoms with Crippen LogP contribution in [0.3, 0.4) is 0 Å². The Bertz CT molecular complexity index is 630. The maximum Gasteiger partial charge on any atom is 0.515 e. The molecule has 0 N–H and O–H groups in total. The third-order valence-electron chi connectivity index (χ3n) is 2.49. The molecule has 0 radical (unpaired) electrons. The van der Waals surface area contributed by atoms with Gasteiger partial charge in [-0.3, -0.25) is 10.1 Å². The molecule has 100 valence electrons. The van der Waals surface area contributed by atoms with Crippen LogP contribution in [0, 0.1) is 10.1 Å². The van der Waals surface area contributed by atoms with Crippen LogP contribution in [0.1, 0.15) is 0 Å². The monoisotopic (exact) mass is 270 g/mol. The number of hydrogen-bond acceptors (Lipinski definition) is 3. The Labute approximate surface area is 106 Å². The fourth-order valence-electron chi connectivity index (χ4n) is 1.72. The van der Waals surface area contributed by atoms with E-state index in [1.807, 2.05) is 0 Å². The molecule has 0 amide bonds. The van der Waals surface area contributed by atoms with Crippen molar-refractivity contribution < 1.29 is 22.6 Å². The Balaban J connectivity index is 2.47. The molecule has 0 bridgehead atoms. The number of nitro benzene ring substituents is 1. The van der Waals surface area contributed by atoms with Gasteiger partial charge >= 0.3 is 6.98 Å². The van der Waals surface area contributed by atoms with Crippen LogP contribution in [0.2, 0.25) is 0 Å². The first kappa shape index (κ1) is 13.2. The van der Waals surface area contributed by atoms with Gasteiger partial charge in [0.2, 0.25) is 0 Å². The molecule has 2 rings (SSSR count). The minimum Gasteiger partial charge on any atom is -0.521 e. The van der Waals surface area contributed by atoms with Crippen LogP contribution in [0.15, 0.2) is 36.4 Å². The van der Waals surface area contributed by atoms with Gasteiger partial charge < -0.3 is 17.7 Å². The van der Waals surface area contributed by atoms with Crippen LogP contribution in [-0.2, 0) is 0 Å². The van der Waals surface area contributed by atoms with Gasteiger partial charge in [-0.1, -0.05) is 18.2 Å². The molecule has 0 heterocycles. The maximum absolute atomic E-state index is 12.2. The third-order valence-corrected chi connectivity index (χ3v) is 2.49. The molecule has 0 aliphatic heterocycles. The molecule has 19 heavy (non-hydrogen) atoms. The summed E-state index contributed by atoms with van der Waals surface area (Å²) in [5, 5.41) is 11.4. The zero-order chi connectivity index (χ0) is 14.0. The smallest absolute Gasteiger partial charge is 0.515 e. The number of halogens is 3. The second kappa shape index (κ2) is 4.79. The average Bonchev–Trinajstić information content (AvgIpc) is 2.34. The Morgan fingerprint density at radius 1 is 1.11 bits per heavy atom. The number of ether oxygens (including phenoxy) is 1. The van der Waals surface area contributed by atoms with Crippen LogP contribution in [0.5, 0.6) is 5.75 Å². The number of nitrogens with zero attached hydrogens (tertiary/aromatic N) is 1. The second-order valence-corrected chi connectivity index (χ2v) is 3.91. The predicted molar refractivity (Wildman–Crippen MR) is 65.2 cm³/mol. The molecule has 0 spiro atoms. The number of non-ortho nitro benzene ring substituents is 1. The van der Waals surface area contributed by atoms with E-state index in [-0.39, 0.29) is 22.2 Å². The van der Waals surface area contributed by atoms with Gasteiger partial charge in [-0.05, 0) is 12.1 Å². The van der Waals surface area contributed by atoms with Gasteiger partial charge in [-0.15, -0.1) is 0 Å². The van der Waals surface area contributed by atoms with E-state index in [1.165, 1.54) is 18.2 Å². The Kier molecular flexibility index (Phi) is 3.33. The summed E-state index contributed by atoms with van der Waals surface area (Å²) in [6.07, 6.45) is 0. The number of nitro groups is 1. The van der Waals surface area contributed by atoms with E-state index in [4.69, 9.17) is 4.74 Å². The van der Waals surface area contributed by atoms with Crippen LogP contribution in [0.4, 0.5) is 18.6 Å². The number of rotatable bonds is 4. The SMILES string of the molecule is O=[N+]([O-])c1ccc(OC[B-](F)(F)F)c2ccccc12. The highest BCUT2D eigenvalue weighted by molar-refractivity contribution is 6.58. The zero-order valence-electron chi connectivity index (χ0n) is 9.55. The highest BCUT2D eigenvalue weighted by Crippen LogP contribution is 2.33. The van der Waals surface area contributed by atoms with Crippen molar-refractivity contribution in [2.45, 2.75) is 0 Å². The first-order chi connectivity index (χ1) is 8.88. The lowest BCUT2D eigenvalue weighted by atomic mass is 9.95. The molecule has 2 aromatic rings. The van der Waals surface area contributed by atoms with Crippen LogP contribution in [0.25, 0.3) is 10.8 Å². The highest BCUT2D eigenvalue weighted by atomic mass is 19.4. The standard InChI is InChI=1S/C11H8BF3NO3/c13-12(14,15)7-19-11-6-5-10(16(17)18)8-3-1-2-4-9(8)11/h1-6H,7H2/q-1. The van der Waals surface area contributed by atoms with Gasteiger partial charge in [-0.25, -0.2) is 0 Å². The fraction of sp³-hybridized carbons (Fsp3) is 0.0909. The third kappa shape index (κ3) is 2.96. The van der Waals surface area contributed by atoms with Gasteiger partial charge in [0, 0.05) is 11.5 Å². The molecular formula is C11H8BF3NO3-. The fourth-order valence-corrected chi connectivity index (χ4v) is 1.72. The second-order valence-electron chi connectivity index (χ2n) is 3.91. The van der Waals surface area contributed by atoms with Gasteiger partial charge in [0.25, 0.3) is 5.69 Å². The molecule has 0 fully saturated rings. The Morgan fingerprint density at radius 3 is 2.32 bits per heavy atom. The zero-order valence-corrected chi connectivity index (χ0v) is 9.55. The molecule has 0 aliphatic carbocycles. The maximum atomic E-state index is 12.2. The van der Waals surface area contributed by atoms with Gasteiger partial charge in [0.1, 0.15) is 5.75 Å². The van der Waals surface area contributed by atoms with E-state index in [9.17, 15) is 23.1 Å². The predicted octanol–water partition coefficient (Wildman–Crippen LogP) is 3.51. The number of fused-ring (bicyclic) bond motifs is 1. The van der Waals surface area contributed by atoms with E-state index >= 15 is 0 Å². The van der Waals surface area contributed by atoms with Crippen molar-refractivity contribution in [2.24, 2.45) is 0 Å². The summed E-state index contributed by atoms with van der Waals surface area (Å²) >= 11 is 0. The van der Waals surface area contributed by atoms with Crippen molar-refractivity contribution in [3.63, 3.8) is 0 Å². The molecule has 0 atom stereocenters. The molecule has 0 saturated heterocycles. The highest BCUT2D eigenvalue weighted by Gasteiger charge is 2.25. The summed E-state index contributed by atoms with van der Waals surface area (Å²) in [5.74, 6) is -0.0135. The summed E-state index contributed by atoms with van der Waals surface area (Å²) in [7, 11) is 0. The van der Waals surface area contributed by atoms with Gasteiger partial charge in [0.15, 0.2) is 0 Å².